The highest BCUT2D eigenvalue weighted by Crippen LogP contribution is 2.38. The van der Waals surface area contributed by atoms with E-state index in [4.69, 9.17) is 4.74 Å². The van der Waals surface area contributed by atoms with Gasteiger partial charge in [-0.1, -0.05) is 6.42 Å². The molecule has 5 nitrogen and oxygen atoms in total. The van der Waals surface area contributed by atoms with Crippen molar-refractivity contribution in [2.75, 3.05) is 33.4 Å². The maximum atomic E-state index is 12.6. The zero-order valence-electron chi connectivity index (χ0n) is 12.3. The molecule has 0 spiro atoms. The third kappa shape index (κ3) is 2.71. The minimum atomic E-state index is -0.768. The first-order chi connectivity index (χ1) is 9.59. The first kappa shape index (κ1) is 14.3. The highest BCUT2D eigenvalue weighted by atomic mass is 16.5. The third-order valence-electron chi connectivity index (χ3n) is 5.34. The molecule has 3 aliphatic rings. The number of rotatable bonds is 3. The minimum absolute atomic E-state index is 0.0315. The maximum Gasteiger partial charge on any atom is 0.239 e. The summed E-state index contributed by atoms with van der Waals surface area (Å²) in [5.41, 5.74) is -0.768. The summed E-state index contributed by atoms with van der Waals surface area (Å²) in [5.74, 6) is 1.34. The van der Waals surface area contributed by atoms with Crippen molar-refractivity contribution in [3.05, 3.63) is 0 Å². The van der Waals surface area contributed by atoms with Crippen molar-refractivity contribution >= 4 is 5.91 Å². The van der Waals surface area contributed by atoms with E-state index < -0.39 is 5.60 Å². The van der Waals surface area contributed by atoms with E-state index in [1.54, 1.807) is 4.90 Å². The molecule has 0 bridgehead atoms. The zero-order valence-corrected chi connectivity index (χ0v) is 12.3. The van der Waals surface area contributed by atoms with E-state index in [-0.39, 0.29) is 11.9 Å². The van der Waals surface area contributed by atoms with Crippen LogP contribution in [-0.2, 0) is 9.53 Å². The first-order valence-electron chi connectivity index (χ1n) is 7.88. The summed E-state index contributed by atoms with van der Waals surface area (Å²) in [7, 11) is 1.82. The number of aliphatic hydroxyl groups is 1. The molecule has 2 aliphatic heterocycles. The van der Waals surface area contributed by atoms with E-state index in [9.17, 15) is 9.90 Å². The fourth-order valence-electron chi connectivity index (χ4n) is 4.12. The number of amides is 1. The fraction of sp³-hybridized carbons (Fsp3) is 0.933. The number of nitrogens with one attached hydrogen (secondary N) is 1. The lowest BCUT2D eigenvalue weighted by molar-refractivity contribution is -0.139. The molecule has 0 aromatic heterocycles. The smallest absolute Gasteiger partial charge is 0.239 e. The Bertz CT molecular complexity index is 368. The van der Waals surface area contributed by atoms with Gasteiger partial charge in [0.15, 0.2) is 0 Å². The Kier molecular flexibility index (Phi) is 4.02. The van der Waals surface area contributed by atoms with Crippen LogP contribution in [0.25, 0.3) is 0 Å². The molecule has 1 saturated carbocycles. The van der Waals surface area contributed by atoms with Gasteiger partial charge in [0.2, 0.25) is 5.91 Å². The van der Waals surface area contributed by atoms with E-state index >= 15 is 0 Å². The van der Waals surface area contributed by atoms with Crippen molar-refractivity contribution < 1.29 is 14.6 Å². The molecule has 3 atom stereocenters. The van der Waals surface area contributed by atoms with Crippen molar-refractivity contribution in [2.45, 2.75) is 43.7 Å². The first-order valence-corrected chi connectivity index (χ1v) is 7.88. The fourth-order valence-corrected chi connectivity index (χ4v) is 4.12. The van der Waals surface area contributed by atoms with Crippen LogP contribution in [0.15, 0.2) is 0 Å². The van der Waals surface area contributed by atoms with Crippen LogP contribution in [0.2, 0.25) is 0 Å². The molecule has 5 heteroatoms. The van der Waals surface area contributed by atoms with E-state index in [1.165, 1.54) is 19.3 Å². The predicted octanol–water partition coefficient (Wildman–Crippen LogP) is 0.374. The van der Waals surface area contributed by atoms with E-state index in [0.29, 0.717) is 44.4 Å². The number of likely N-dealkylation sites (N-methyl/N-ethyl adjacent to an activating group) is 1. The van der Waals surface area contributed by atoms with Crippen molar-refractivity contribution in [2.24, 2.45) is 11.8 Å². The molecular weight excluding hydrogens is 256 g/mol. The van der Waals surface area contributed by atoms with Crippen LogP contribution in [0.4, 0.5) is 0 Å². The molecule has 0 aromatic carbocycles. The molecule has 1 aliphatic carbocycles. The van der Waals surface area contributed by atoms with Gasteiger partial charge in [0.1, 0.15) is 0 Å². The summed E-state index contributed by atoms with van der Waals surface area (Å²) in [6.07, 6.45) is 4.92. The Balaban J connectivity index is 1.59. The maximum absolute atomic E-state index is 12.6. The van der Waals surface area contributed by atoms with Crippen molar-refractivity contribution in [3.8, 4) is 0 Å². The summed E-state index contributed by atoms with van der Waals surface area (Å²) < 4.78 is 5.29. The van der Waals surface area contributed by atoms with Gasteiger partial charge in [0, 0.05) is 39.6 Å². The number of nitrogens with zero attached hydrogens (tertiary/aromatic N) is 1. The molecule has 2 N–H and O–H groups in total. The molecule has 3 unspecified atom stereocenters. The summed E-state index contributed by atoms with van der Waals surface area (Å²) in [6, 6.07) is -0.0315. The second-order valence-electron chi connectivity index (χ2n) is 6.77. The Morgan fingerprint density at radius 1 is 1.40 bits per heavy atom. The number of carbonyl (C=O) groups is 1. The summed E-state index contributed by atoms with van der Waals surface area (Å²) in [4.78, 5) is 14.4. The average Bonchev–Trinajstić information content (AvgIpc) is 3.00. The Hall–Kier alpha value is -0.650. The van der Waals surface area contributed by atoms with Gasteiger partial charge in [-0.15, -0.1) is 0 Å². The monoisotopic (exact) mass is 282 g/mol. The molecule has 2 saturated heterocycles. The molecule has 20 heavy (non-hydrogen) atoms. The number of fused-ring (bicyclic) bond motifs is 1. The highest BCUT2D eigenvalue weighted by molar-refractivity contribution is 5.82. The van der Waals surface area contributed by atoms with Crippen molar-refractivity contribution in [1.82, 2.24) is 10.2 Å². The van der Waals surface area contributed by atoms with Gasteiger partial charge in [-0.2, -0.15) is 0 Å². The van der Waals surface area contributed by atoms with Gasteiger partial charge < -0.3 is 20.1 Å². The lowest BCUT2D eigenvalue weighted by Gasteiger charge is -2.36. The largest absolute Gasteiger partial charge is 0.388 e. The Morgan fingerprint density at radius 3 is 2.90 bits per heavy atom. The Morgan fingerprint density at radius 2 is 2.15 bits per heavy atom. The molecule has 114 valence electrons. The lowest BCUT2D eigenvalue weighted by Crippen LogP contribution is -2.52. The molecular formula is C15H26N2O3. The average molecular weight is 282 g/mol. The summed E-state index contributed by atoms with van der Waals surface area (Å²) >= 11 is 0. The van der Waals surface area contributed by atoms with Crippen LogP contribution in [0.5, 0.6) is 0 Å². The molecule has 0 aromatic rings. The van der Waals surface area contributed by atoms with Crippen molar-refractivity contribution in [3.63, 3.8) is 0 Å². The van der Waals surface area contributed by atoms with E-state index in [0.717, 1.165) is 6.54 Å². The van der Waals surface area contributed by atoms with Crippen LogP contribution in [0.3, 0.4) is 0 Å². The van der Waals surface area contributed by atoms with Gasteiger partial charge in [-0.3, -0.25) is 4.79 Å². The number of hydrogen-bond acceptors (Lipinski definition) is 4. The molecule has 2 heterocycles. The number of carbonyl (C=O) groups excluding carboxylic acids is 1. The quantitative estimate of drug-likeness (QED) is 0.785. The standard InChI is InChI=1S/C15H26N2O3/c1-17(10-15(19)5-7-20-8-6-15)14(18)13-12-4-2-3-11(12)9-16-13/h11-13,16,19H,2-10H2,1H3. The van der Waals surface area contributed by atoms with Crippen LogP contribution in [-0.4, -0.2) is 60.9 Å². The van der Waals surface area contributed by atoms with Gasteiger partial charge in [-0.25, -0.2) is 0 Å². The molecule has 3 rings (SSSR count). The lowest BCUT2D eigenvalue weighted by atomic mass is 9.91. The van der Waals surface area contributed by atoms with Crippen LogP contribution in [0.1, 0.15) is 32.1 Å². The zero-order chi connectivity index (χ0) is 14.2. The third-order valence-corrected chi connectivity index (χ3v) is 5.34. The Labute approximate surface area is 120 Å². The second-order valence-corrected chi connectivity index (χ2v) is 6.77. The minimum Gasteiger partial charge on any atom is -0.388 e. The topological polar surface area (TPSA) is 61.8 Å². The van der Waals surface area contributed by atoms with Gasteiger partial charge in [0.25, 0.3) is 0 Å². The molecule has 3 fully saturated rings. The molecule has 1 amide bonds. The predicted molar refractivity (Wildman–Crippen MR) is 75.3 cm³/mol. The summed E-state index contributed by atoms with van der Waals surface area (Å²) in [6.45, 7) is 2.58. The van der Waals surface area contributed by atoms with Crippen molar-refractivity contribution in [1.29, 1.82) is 0 Å². The van der Waals surface area contributed by atoms with Gasteiger partial charge >= 0.3 is 0 Å². The van der Waals surface area contributed by atoms with Gasteiger partial charge in [0.05, 0.1) is 11.6 Å². The summed E-state index contributed by atoms with van der Waals surface area (Å²) in [5, 5.41) is 13.9. The second kappa shape index (κ2) is 5.62. The SMILES string of the molecule is CN(CC1(O)CCOCC1)C(=O)C1NCC2CCCC21. The normalized spacial score (nSPS) is 35.8. The number of hydrogen-bond donors (Lipinski definition) is 2. The van der Waals surface area contributed by atoms with Crippen LogP contribution in [0, 0.1) is 11.8 Å². The van der Waals surface area contributed by atoms with E-state index in [1.807, 2.05) is 7.05 Å². The molecule has 0 radical (unpaired) electrons. The highest BCUT2D eigenvalue weighted by Gasteiger charge is 2.44. The van der Waals surface area contributed by atoms with Gasteiger partial charge in [-0.05, 0) is 31.2 Å². The van der Waals surface area contributed by atoms with Crippen LogP contribution >= 0.6 is 0 Å². The van der Waals surface area contributed by atoms with Crippen LogP contribution < -0.4 is 5.32 Å². The van der Waals surface area contributed by atoms with E-state index in [2.05, 4.69) is 5.32 Å². The number of ether oxygens (including phenoxy) is 1.